The van der Waals surface area contributed by atoms with E-state index in [9.17, 15) is 19.5 Å². The summed E-state index contributed by atoms with van der Waals surface area (Å²) in [5, 5.41) is 9.21. The van der Waals surface area contributed by atoms with Gasteiger partial charge < -0.3 is 19.6 Å². The van der Waals surface area contributed by atoms with E-state index in [0.29, 0.717) is 31.6 Å². The second-order valence-corrected chi connectivity index (χ2v) is 7.47. The number of aryl methyl sites for hydroxylation is 1. The number of carboxylic acid groups (broad SMARTS) is 1. The predicted molar refractivity (Wildman–Crippen MR) is 98.4 cm³/mol. The zero-order valence-corrected chi connectivity index (χ0v) is 15.8. The van der Waals surface area contributed by atoms with Gasteiger partial charge in [-0.05, 0) is 38.8 Å². The Hall–Kier alpha value is -2.41. The Bertz CT molecular complexity index is 718. The number of hydrogen-bond donors (Lipinski definition) is 1. The first-order valence-electron chi connectivity index (χ1n) is 9.38. The average molecular weight is 374 g/mol. The summed E-state index contributed by atoms with van der Waals surface area (Å²) in [4.78, 5) is 40.3. The summed E-state index contributed by atoms with van der Waals surface area (Å²) in [7, 11) is 0. The van der Waals surface area contributed by atoms with Gasteiger partial charge in [0.2, 0.25) is 5.91 Å². The molecule has 2 aliphatic rings. The molecular weight excluding hydrogens is 348 g/mol. The van der Waals surface area contributed by atoms with E-state index in [4.69, 9.17) is 4.74 Å². The van der Waals surface area contributed by atoms with Crippen LogP contribution in [0.4, 0.5) is 0 Å². The quantitative estimate of drug-likeness (QED) is 0.867. The minimum atomic E-state index is -1.06. The fourth-order valence-corrected chi connectivity index (χ4v) is 3.77. The van der Waals surface area contributed by atoms with Crippen LogP contribution in [0.2, 0.25) is 0 Å². The number of carbonyl (C=O) groups is 3. The van der Waals surface area contributed by atoms with Gasteiger partial charge in [-0.25, -0.2) is 4.79 Å². The van der Waals surface area contributed by atoms with Crippen molar-refractivity contribution >= 4 is 17.8 Å². The third-order valence-electron chi connectivity index (χ3n) is 5.20. The summed E-state index contributed by atoms with van der Waals surface area (Å²) < 4.78 is 5.38. The smallest absolute Gasteiger partial charge is 0.334 e. The number of likely N-dealkylation sites (tertiary alicyclic amines) is 1. The minimum absolute atomic E-state index is 0.0565. The first kappa shape index (κ1) is 19.4. The van der Waals surface area contributed by atoms with E-state index >= 15 is 0 Å². The monoisotopic (exact) mass is 374 g/mol. The van der Waals surface area contributed by atoms with E-state index in [0.717, 1.165) is 12.0 Å². The normalized spacial score (nSPS) is 25.9. The lowest BCUT2D eigenvalue weighted by molar-refractivity contribution is -0.168. The fraction of sp³-hybridized carbons (Fsp3) is 0.550. The minimum Gasteiger partial charge on any atom is -0.479 e. The molecule has 0 bridgehead atoms. The van der Waals surface area contributed by atoms with Crippen molar-refractivity contribution in [2.45, 2.75) is 38.9 Å². The van der Waals surface area contributed by atoms with Crippen molar-refractivity contribution in [3.8, 4) is 0 Å². The van der Waals surface area contributed by atoms with Crippen molar-refractivity contribution in [2.24, 2.45) is 5.92 Å². The Labute approximate surface area is 158 Å². The van der Waals surface area contributed by atoms with E-state index in [-0.39, 0.29) is 30.4 Å². The molecule has 1 aromatic carbocycles. The van der Waals surface area contributed by atoms with Crippen LogP contribution >= 0.6 is 0 Å². The number of ether oxygens (including phenoxy) is 1. The maximum absolute atomic E-state index is 13.0. The summed E-state index contributed by atoms with van der Waals surface area (Å²) in [5.74, 6) is -1.50. The topological polar surface area (TPSA) is 87.2 Å². The van der Waals surface area contributed by atoms with Crippen molar-refractivity contribution in [3.63, 3.8) is 0 Å². The summed E-state index contributed by atoms with van der Waals surface area (Å²) >= 11 is 0. The van der Waals surface area contributed by atoms with Crippen LogP contribution < -0.4 is 0 Å². The van der Waals surface area contributed by atoms with Gasteiger partial charge in [0.1, 0.15) is 0 Å². The number of nitrogens with zero attached hydrogens (tertiary/aromatic N) is 2. The SMILES string of the molecule is Cc1ccc(C(=O)N2CCCC(C(=O)N3CC(C(=O)O)O[C@H](C)C3)C2)cc1. The lowest BCUT2D eigenvalue weighted by atomic mass is 9.95. The molecule has 0 aromatic heterocycles. The summed E-state index contributed by atoms with van der Waals surface area (Å²) in [6.07, 6.45) is 0.153. The van der Waals surface area contributed by atoms with Crippen molar-refractivity contribution in [1.82, 2.24) is 9.80 Å². The van der Waals surface area contributed by atoms with Gasteiger partial charge in [-0.1, -0.05) is 17.7 Å². The van der Waals surface area contributed by atoms with Gasteiger partial charge in [0.15, 0.2) is 6.10 Å². The zero-order valence-electron chi connectivity index (χ0n) is 15.8. The van der Waals surface area contributed by atoms with Gasteiger partial charge in [0, 0.05) is 25.2 Å². The number of amides is 2. The molecule has 1 N–H and O–H groups in total. The molecule has 1 aromatic rings. The number of carbonyl (C=O) groups excluding carboxylic acids is 2. The van der Waals surface area contributed by atoms with Crippen LogP contribution in [0.3, 0.4) is 0 Å². The molecule has 0 aliphatic carbocycles. The molecule has 2 aliphatic heterocycles. The lowest BCUT2D eigenvalue weighted by Gasteiger charge is -2.39. The maximum Gasteiger partial charge on any atom is 0.334 e. The van der Waals surface area contributed by atoms with Crippen molar-refractivity contribution in [2.75, 3.05) is 26.2 Å². The van der Waals surface area contributed by atoms with Crippen LogP contribution in [0.25, 0.3) is 0 Å². The maximum atomic E-state index is 13.0. The molecule has 3 rings (SSSR count). The molecule has 7 heteroatoms. The molecule has 0 spiro atoms. The molecule has 2 heterocycles. The highest BCUT2D eigenvalue weighted by atomic mass is 16.5. The summed E-state index contributed by atoms with van der Waals surface area (Å²) in [6, 6.07) is 7.43. The van der Waals surface area contributed by atoms with Crippen molar-refractivity contribution in [3.05, 3.63) is 35.4 Å². The van der Waals surface area contributed by atoms with Gasteiger partial charge in [0.05, 0.1) is 18.6 Å². The number of aliphatic carboxylic acids is 1. The largest absolute Gasteiger partial charge is 0.479 e. The molecule has 7 nitrogen and oxygen atoms in total. The van der Waals surface area contributed by atoms with Crippen LogP contribution in [0.1, 0.15) is 35.7 Å². The third-order valence-corrected chi connectivity index (χ3v) is 5.20. The molecule has 2 saturated heterocycles. The van der Waals surface area contributed by atoms with Gasteiger partial charge in [-0.15, -0.1) is 0 Å². The average Bonchev–Trinajstić information content (AvgIpc) is 2.67. The number of carboxylic acids is 1. The van der Waals surface area contributed by atoms with Crippen LogP contribution in [0.5, 0.6) is 0 Å². The van der Waals surface area contributed by atoms with E-state index in [1.165, 1.54) is 0 Å². The number of morpholine rings is 1. The van der Waals surface area contributed by atoms with Gasteiger partial charge in [0.25, 0.3) is 5.91 Å². The molecule has 146 valence electrons. The number of piperidine rings is 1. The van der Waals surface area contributed by atoms with Gasteiger partial charge >= 0.3 is 5.97 Å². The highest BCUT2D eigenvalue weighted by Crippen LogP contribution is 2.23. The van der Waals surface area contributed by atoms with Crippen molar-refractivity contribution < 1.29 is 24.2 Å². The van der Waals surface area contributed by atoms with Crippen LogP contribution in [0, 0.1) is 12.8 Å². The molecule has 27 heavy (non-hydrogen) atoms. The Kier molecular flexibility index (Phi) is 5.79. The van der Waals surface area contributed by atoms with Crippen LogP contribution in [-0.4, -0.2) is 71.1 Å². The fourth-order valence-electron chi connectivity index (χ4n) is 3.77. The van der Waals surface area contributed by atoms with Crippen LogP contribution in [-0.2, 0) is 14.3 Å². The Morgan fingerprint density at radius 3 is 2.44 bits per heavy atom. The van der Waals surface area contributed by atoms with E-state index in [2.05, 4.69) is 0 Å². The molecular formula is C20H26N2O5. The summed E-state index contributed by atoms with van der Waals surface area (Å²) in [6.45, 7) is 5.18. The van der Waals surface area contributed by atoms with E-state index in [1.54, 1.807) is 16.7 Å². The van der Waals surface area contributed by atoms with Gasteiger partial charge in [-0.3, -0.25) is 9.59 Å². The third kappa shape index (κ3) is 4.47. The highest BCUT2D eigenvalue weighted by Gasteiger charge is 2.37. The van der Waals surface area contributed by atoms with E-state index < -0.39 is 12.1 Å². The number of hydrogen-bond acceptors (Lipinski definition) is 4. The number of benzene rings is 1. The highest BCUT2D eigenvalue weighted by molar-refractivity contribution is 5.94. The van der Waals surface area contributed by atoms with E-state index in [1.807, 2.05) is 31.2 Å². The van der Waals surface area contributed by atoms with Crippen molar-refractivity contribution in [1.29, 1.82) is 0 Å². The number of rotatable bonds is 3. The second kappa shape index (κ2) is 8.08. The molecule has 2 amide bonds. The first-order valence-corrected chi connectivity index (χ1v) is 9.38. The summed E-state index contributed by atoms with van der Waals surface area (Å²) in [5.41, 5.74) is 1.72. The molecule has 0 saturated carbocycles. The standard InChI is InChI=1S/C20H26N2O5/c1-13-5-7-15(8-6-13)18(23)21-9-3-4-16(11-21)19(24)22-10-14(2)27-17(12-22)20(25)26/h5-8,14,16-17H,3-4,9-12H2,1-2H3,(H,25,26)/t14-,16?,17?/m1/s1. The van der Waals surface area contributed by atoms with Crippen LogP contribution in [0.15, 0.2) is 24.3 Å². The Morgan fingerprint density at radius 2 is 1.78 bits per heavy atom. The second-order valence-electron chi connectivity index (χ2n) is 7.47. The molecule has 2 unspecified atom stereocenters. The molecule has 0 radical (unpaired) electrons. The predicted octanol–water partition coefficient (Wildman–Crippen LogP) is 1.55. The lowest BCUT2D eigenvalue weighted by Crippen LogP contribution is -2.55. The Balaban J connectivity index is 1.66. The molecule has 2 fully saturated rings. The van der Waals surface area contributed by atoms with Gasteiger partial charge in [-0.2, -0.15) is 0 Å². The zero-order chi connectivity index (χ0) is 19.6. The molecule has 3 atom stereocenters. The Morgan fingerprint density at radius 1 is 1.07 bits per heavy atom. The first-order chi connectivity index (χ1) is 12.8.